The molecular formula is C37H96O10Si10. The molecule has 2 N–H and O–H groups in total. The van der Waals surface area contributed by atoms with Gasteiger partial charge in [-0.2, -0.15) is 0 Å². The monoisotopic (exact) mass is 980 g/mol. The van der Waals surface area contributed by atoms with E-state index in [4.69, 9.17) is 32.9 Å². The molecule has 0 heterocycles. The van der Waals surface area contributed by atoms with E-state index in [9.17, 15) is 10.2 Å². The average Bonchev–Trinajstić information content (AvgIpc) is 2.93. The van der Waals surface area contributed by atoms with Crippen molar-refractivity contribution in [2.24, 2.45) is 5.41 Å². The molecule has 0 radical (unpaired) electrons. The highest BCUT2D eigenvalue weighted by atomic mass is 28.5. The number of rotatable bonds is 32. The highest BCUT2D eigenvalue weighted by molar-refractivity contribution is 6.92. The summed E-state index contributed by atoms with van der Waals surface area (Å²) in [4.78, 5) is 0. The van der Waals surface area contributed by atoms with E-state index in [-0.39, 0.29) is 13.2 Å². The fourth-order valence-corrected chi connectivity index (χ4v) is 58.4. The summed E-state index contributed by atoms with van der Waals surface area (Å²) in [5, 5.41) is 21.2. The first-order valence-corrected chi connectivity index (χ1v) is 51.5. The van der Waals surface area contributed by atoms with Crippen molar-refractivity contribution in [1.82, 2.24) is 0 Å². The number of unbranched alkanes of at least 4 members (excludes halogenated alkanes) is 2. The van der Waals surface area contributed by atoms with Crippen LogP contribution < -0.4 is 0 Å². The predicted molar refractivity (Wildman–Crippen MR) is 268 cm³/mol. The third kappa shape index (κ3) is 26.9. The van der Waals surface area contributed by atoms with Crippen molar-refractivity contribution in [2.45, 2.75) is 220 Å². The van der Waals surface area contributed by atoms with Gasteiger partial charge in [-0.1, -0.05) is 52.4 Å². The molecule has 0 aromatic carbocycles. The van der Waals surface area contributed by atoms with Gasteiger partial charge in [-0.05, 0) is 168 Å². The van der Waals surface area contributed by atoms with E-state index in [2.05, 4.69) is 145 Å². The fourth-order valence-electron chi connectivity index (χ4n) is 8.83. The Labute approximate surface area is 364 Å². The lowest BCUT2D eigenvalue weighted by Gasteiger charge is -2.42. The molecule has 0 atom stereocenters. The van der Waals surface area contributed by atoms with E-state index >= 15 is 0 Å². The quantitative estimate of drug-likeness (QED) is 0.0632. The number of hydrogen-bond acceptors (Lipinski definition) is 10. The molecule has 0 saturated heterocycles. The van der Waals surface area contributed by atoms with Crippen LogP contribution >= 0.6 is 0 Å². The minimum absolute atomic E-state index is 0.0319. The molecule has 0 amide bonds. The van der Waals surface area contributed by atoms with Crippen LogP contribution in [0.2, 0.25) is 155 Å². The lowest BCUT2D eigenvalue weighted by molar-refractivity contribution is 0.0381. The standard InChI is InChI=1S/C37H96O10Si10/c1-23-25-31-48(3,4)40-52(11,12)44-56(19,20)46-54(15,16)42-50(7,8)33-27-29-37(35-38,36-39)30-28-34-51(9,10)43-55(17,18)47-57(21,22)45-53(13,14)41-49(5,6)32-26-24-2/h38-39H,23-36H2,1-22H3. The Bertz CT molecular complexity index is 1080. The van der Waals surface area contributed by atoms with Gasteiger partial charge in [-0.3, -0.25) is 0 Å². The Balaban J connectivity index is 5.31. The highest BCUT2D eigenvalue weighted by Gasteiger charge is 2.47. The molecule has 0 fully saturated rings. The first-order valence-electron chi connectivity index (χ1n) is 22.1. The molecule has 0 spiro atoms. The summed E-state index contributed by atoms with van der Waals surface area (Å²) < 4.78 is 54.5. The van der Waals surface area contributed by atoms with Crippen LogP contribution in [-0.4, -0.2) is 108 Å². The Morgan fingerprint density at radius 1 is 0.316 bits per heavy atom. The van der Waals surface area contributed by atoms with Crippen LogP contribution in [0.5, 0.6) is 0 Å². The smallest absolute Gasteiger partial charge is 0.314 e. The van der Waals surface area contributed by atoms with Gasteiger partial charge in [-0.25, -0.2) is 0 Å². The largest absolute Gasteiger partial charge is 0.436 e. The number of aliphatic hydroxyl groups excluding tert-OH is 2. The van der Waals surface area contributed by atoms with Crippen molar-refractivity contribution < 1.29 is 43.1 Å². The first-order chi connectivity index (χ1) is 25.3. The molecule has 344 valence electrons. The molecule has 57 heavy (non-hydrogen) atoms. The Hall–Kier alpha value is 1.77. The average molecular weight is 982 g/mol. The molecule has 0 aliphatic carbocycles. The molecule has 0 aromatic rings. The van der Waals surface area contributed by atoms with E-state index in [0.29, 0.717) is 0 Å². The molecule has 10 nitrogen and oxygen atoms in total. The second-order valence-electron chi connectivity index (χ2n) is 22.0. The van der Waals surface area contributed by atoms with Crippen LogP contribution in [0.4, 0.5) is 0 Å². The lowest BCUT2D eigenvalue weighted by atomic mass is 9.81. The van der Waals surface area contributed by atoms with E-state index in [1.54, 1.807) is 0 Å². The molecule has 0 bridgehead atoms. The SMILES string of the molecule is CCCC[Si](C)(C)O[Si](C)(C)O[Si](C)(C)O[Si](C)(C)O[Si](C)(C)CCCC(CO)(CO)CCC[Si](C)(C)O[Si](C)(C)O[Si](C)(C)O[Si](C)(C)O[Si](C)(C)CCCC. The summed E-state index contributed by atoms with van der Waals surface area (Å²) in [6.45, 7) is 48.5. The Morgan fingerprint density at radius 3 is 0.702 bits per heavy atom. The van der Waals surface area contributed by atoms with Crippen LogP contribution in [0.25, 0.3) is 0 Å². The normalized spacial score (nSPS) is 15.2. The van der Waals surface area contributed by atoms with Gasteiger partial charge in [-0.15, -0.1) is 0 Å². The summed E-state index contributed by atoms with van der Waals surface area (Å²) in [5.41, 5.74) is -0.526. The third-order valence-corrected chi connectivity index (χ3v) is 48.6. The zero-order chi connectivity index (χ0) is 45.1. The predicted octanol–water partition coefficient (Wildman–Crippen LogP) is 12.3. The minimum atomic E-state index is -2.52. The van der Waals surface area contributed by atoms with Gasteiger partial charge in [0.25, 0.3) is 0 Å². The van der Waals surface area contributed by atoms with Crippen molar-refractivity contribution in [3.63, 3.8) is 0 Å². The molecule has 0 aromatic heterocycles. The van der Waals surface area contributed by atoms with Crippen LogP contribution in [0.1, 0.15) is 65.2 Å². The Kier molecular flexibility index (Phi) is 23.8. The van der Waals surface area contributed by atoms with Gasteiger partial charge >= 0.3 is 51.4 Å². The Morgan fingerprint density at radius 2 is 0.509 bits per heavy atom. The van der Waals surface area contributed by atoms with Gasteiger partial charge in [0.1, 0.15) is 0 Å². The van der Waals surface area contributed by atoms with Gasteiger partial charge < -0.3 is 43.1 Å². The van der Waals surface area contributed by atoms with Gasteiger partial charge in [0.15, 0.2) is 33.3 Å². The third-order valence-electron chi connectivity index (χ3n) is 9.96. The molecular weight excluding hydrogens is 885 g/mol. The molecule has 0 unspecified atom stereocenters. The van der Waals surface area contributed by atoms with Gasteiger partial charge in [0.05, 0.1) is 13.2 Å². The zero-order valence-electron chi connectivity index (χ0n) is 41.6. The maximum atomic E-state index is 10.6. The van der Waals surface area contributed by atoms with Gasteiger partial charge in [0.2, 0.25) is 0 Å². The van der Waals surface area contributed by atoms with Crippen molar-refractivity contribution in [3.8, 4) is 0 Å². The van der Waals surface area contributed by atoms with E-state index in [1.165, 1.54) is 25.7 Å². The van der Waals surface area contributed by atoms with Crippen molar-refractivity contribution in [1.29, 1.82) is 0 Å². The van der Waals surface area contributed by atoms with Crippen LogP contribution in [0.15, 0.2) is 0 Å². The van der Waals surface area contributed by atoms with Gasteiger partial charge in [0, 0.05) is 5.41 Å². The van der Waals surface area contributed by atoms with Crippen molar-refractivity contribution >= 4 is 84.6 Å². The minimum Gasteiger partial charge on any atom is -0.436 e. The molecule has 0 saturated carbocycles. The summed E-state index contributed by atoms with van der Waals surface area (Å²) >= 11 is 0. The van der Waals surface area contributed by atoms with E-state index < -0.39 is 90.1 Å². The number of hydrogen-bond donors (Lipinski definition) is 2. The number of aliphatic hydroxyl groups is 2. The van der Waals surface area contributed by atoms with Crippen LogP contribution in [-0.2, 0) is 32.9 Å². The van der Waals surface area contributed by atoms with Crippen LogP contribution in [0.3, 0.4) is 0 Å². The maximum absolute atomic E-state index is 10.6. The van der Waals surface area contributed by atoms with E-state index in [0.717, 1.165) is 49.9 Å². The molecule has 20 heteroatoms. The van der Waals surface area contributed by atoms with Crippen molar-refractivity contribution in [2.75, 3.05) is 13.2 Å². The summed E-state index contributed by atoms with van der Waals surface area (Å²) in [5.74, 6) is 0. The first kappa shape index (κ1) is 58.8. The summed E-state index contributed by atoms with van der Waals surface area (Å²) in [6.07, 6.45) is 8.05. The topological polar surface area (TPSA) is 114 Å². The lowest BCUT2D eigenvalue weighted by Crippen LogP contribution is -2.58. The fraction of sp³-hybridized carbons (Fsp3) is 1.00. The molecule has 0 rings (SSSR count). The maximum Gasteiger partial charge on any atom is 0.314 e. The zero-order valence-corrected chi connectivity index (χ0v) is 51.6. The highest BCUT2D eigenvalue weighted by Crippen LogP contribution is 2.36. The second-order valence-corrected chi connectivity index (χ2v) is 61.4. The molecule has 0 aliphatic rings. The molecule has 0 aliphatic heterocycles. The van der Waals surface area contributed by atoms with E-state index in [1.807, 2.05) is 0 Å². The summed E-state index contributed by atoms with van der Waals surface area (Å²) in [7, 11) is -22.7. The second kappa shape index (κ2) is 23.1. The van der Waals surface area contributed by atoms with Crippen molar-refractivity contribution in [3.05, 3.63) is 0 Å². The van der Waals surface area contributed by atoms with Crippen LogP contribution in [0, 0.1) is 5.41 Å². The summed E-state index contributed by atoms with van der Waals surface area (Å²) in [6, 6.07) is 4.17.